The summed E-state index contributed by atoms with van der Waals surface area (Å²) in [4.78, 5) is 12.8. The van der Waals surface area contributed by atoms with E-state index in [0.717, 1.165) is 13.1 Å². The van der Waals surface area contributed by atoms with Gasteiger partial charge in [-0.2, -0.15) is 0 Å². The van der Waals surface area contributed by atoms with Crippen molar-refractivity contribution in [3.8, 4) is 0 Å². The zero-order chi connectivity index (χ0) is 10.8. The molecule has 0 aliphatic carbocycles. The van der Waals surface area contributed by atoms with Crippen molar-refractivity contribution < 1.29 is 14.4 Å². The van der Waals surface area contributed by atoms with Crippen LogP contribution in [-0.4, -0.2) is 34.2 Å². The number of hydrogen-bond donors (Lipinski definition) is 1. The van der Waals surface area contributed by atoms with Gasteiger partial charge in [0.1, 0.15) is 0 Å². The summed E-state index contributed by atoms with van der Waals surface area (Å²) in [5, 5.41) is 12.1. The molecule has 15 heavy (non-hydrogen) atoms. The van der Waals surface area contributed by atoms with Crippen LogP contribution < -0.4 is 0 Å². The lowest BCUT2D eigenvalue weighted by Crippen LogP contribution is -2.19. The molecule has 5 heteroatoms. The van der Waals surface area contributed by atoms with Crippen LogP contribution in [0.4, 0.5) is 0 Å². The number of rotatable bonds is 3. The second kappa shape index (κ2) is 4.02. The molecule has 2 rings (SSSR count). The molecule has 1 aliphatic heterocycles. The fraction of sp³-hybridized carbons (Fsp3) is 0.600. The van der Waals surface area contributed by atoms with Crippen LogP contribution in [0.5, 0.6) is 0 Å². The smallest absolute Gasteiger partial charge is 0.358 e. The number of aromatic nitrogens is 1. The molecule has 1 aromatic heterocycles. The van der Waals surface area contributed by atoms with E-state index >= 15 is 0 Å². The van der Waals surface area contributed by atoms with Gasteiger partial charge < -0.3 is 9.63 Å². The largest absolute Gasteiger partial charge is 0.476 e. The summed E-state index contributed by atoms with van der Waals surface area (Å²) in [6, 6.07) is 1.49. The molecule has 0 amide bonds. The summed E-state index contributed by atoms with van der Waals surface area (Å²) >= 11 is 0. The molecule has 1 atom stereocenters. The van der Waals surface area contributed by atoms with Crippen molar-refractivity contribution in [3.63, 3.8) is 0 Å². The van der Waals surface area contributed by atoms with Crippen molar-refractivity contribution in [3.05, 3.63) is 17.5 Å². The first-order valence-electron chi connectivity index (χ1n) is 5.06. The van der Waals surface area contributed by atoms with E-state index in [-0.39, 0.29) is 5.69 Å². The third-order valence-electron chi connectivity index (χ3n) is 2.67. The first kappa shape index (κ1) is 10.2. The van der Waals surface area contributed by atoms with Gasteiger partial charge in [0, 0.05) is 12.6 Å². The second-order valence-corrected chi connectivity index (χ2v) is 4.11. The number of likely N-dealkylation sites (tertiary alicyclic amines) is 1. The van der Waals surface area contributed by atoms with Crippen LogP contribution in [0.15, 0.2) is 10.6 Å². The standard InChI is InChI=1S/C10H14N2O3/c1-7-2-3-12(5-7)6-8-4-9(10(13)14)11-15-8/h4,7H,2-3,5-6H2,1H3,(H,13,14). The molecule has 82 valence electrons. The zero-order valence-electron chi connectivity index (χ0n) is 8.64. The van der Waals surface area contributed by atoms with Gasteiger partial charge in [0.05, 0.1) is 6.54 Å². The van der Waals surface area contributed by atoms with Crippen molar-refractivity contribution in [2.45, 2.75) is 19.9 Å². The Bertz CT molecular complexity index is 361. The normalized spacial score (nSPS) is 22.1. The lowest BCUT2D eigenvalue weighted by molar-refractivity contribution is 0.0685. The molecule has 0 bridgehead atoms. The lowest BCUT2D eigenvalue weighted by atomic mass is 10.2. The maximum atomic E-state index is 10.6. The lowest BCUT2D eigenvalue weighted by Gasteiger charge is -2.11. The minimum absolute atomic E-state index is 0.0164. The number of carbonyl (C=O) groups is 1. The maximum Gasteiger partial charge on any atom is 0.358 e. The molecule has 1 N–H and O–H groups in total. The van der Waals surface area contributed by atoms with Gasteiger partial charge in [-0.1, -0.05) is 12.1 Å². The average molecular weight is 210 g/mol. The Balaban J connectivity index is 1.96. The van der Waals surface area contributed by atoms with E-state index in [4.69, 9.17) is 9.63 Å². The van der Waals surface area contributed by atoms with E-state index in [1.165, 1.54) is 12.5 Å². The average Bonchev–Trinajstić information content (AvgIpc) is 2.76. The van der Waals surface area contributed by atoms with Crippen LogP contribution in [0.2, 0.25) is 0 Å². The Hall–Kier alpha value is -1.36. The third kappa shape index (κ3) is 2.36. The van der Waals surface area contributed by atoms with Gasteiger partial charge in [-0.15, -0.1) is 0 Å². The first-order valence-corrected chi connectivity index (χ1v) is 5.06. The highest BCUT2D eigenvalue weighted by Crippen LogP contribution is 2.18. The van der Waals surface area contributed by atoms with E-state index in [1.807, 2.05) is 0 Å². The van der Waals surface area contributed by atoms with Crippen LogP contribution in [0.3, 0.4) is 0 Å². The molecule has 1 aliphatic rings. The van der Waals surface area contributed by atoms with Crippen molar-refractivity contribution in [1.29, 1.82) is 0 Å². The molecule has 0 saturated carbocycles. The van der Waals surface area contributed by atoms with Gasteiger partial charge in [0.2, 0.25) is 0 Å². The highest BCUT2D eigenvalue weighted by molar-refractivity contribution is 5.85. The molecule has 1 fully saturated rings. The van der Waals surface area contributed by atoms with E-state index < -0.39 is 5.97 Å². The highest BCUT2D eigenvalue weighted by Gasteiger charge is 2.20. The Morgan fingerprint density at radius 2 is 2.60 bits per heavy atom. The van der Waals surface area contributed by atoms with Crippen LogP contribution in [0, 0.1) is 5.92 Å². The van der Waals surface area contributed by atoms with Gasteiger partial charge >= 0.3 is 5.97 Å². The molecule has 5 nitrogen and oxygen atoms in total. The van der Waals surface area contributed by atoms with Crippen LogP contribution >= 0.6 is 0 Å². The maximum absolute atomic E-state index is 10.6. The fourth-order valence-electron chi connectivity index (χ4n) is 1.88. The molecule has 0 radical (unpaired) electrons. The third-order valence-corrected chi connectivity index (χ3v) is 2.67. The summed E-state index contributed by atoms with van der Waals surface area (Å²) in [7, 11) is 0. The highest BCUT2D eigenvalue weighted by atomic mass is 16.5. The van der Waals surface area contributed by atoms with Gasteiger partial charge in [-0.05, 0) is 18.9 Å². The number of nitrogens with zero attached hydrogens (tertiary/aromatic N) is 2. The molecule has 0 aromatic carbocycles. The van der Waals surface area contributed by atoms with E-state index in [1.54, 1.807) is 0 Å². The zero-order valence-corrected chi connectivity index (χ0v) is 8.64. The minimum Gasteiger partial charge on any atom is -0.476 e. The van der Waals surface area contributed by atoms with Crippen molar-refractivity contribution in [2.24, 2.45) is 5.92 Å². The summed E-state index contributed by atoms with van der Waals surface area (Å²) in [6.45, 7) is 4.96. The fourth-order valence-corrected chi connectivity index (χ4v) is 1.88. The first-order chi connectivity index (χ1) is 7.15. The molecular weight excluding hydrogens is 196 g/mol. The molecule has 1 saturated heterocycles. The monoisotopic (exact) mass is 210 g/mol. The molecule has 2 heterocycles. The number of carboxylic acid groups (broad SMARTS) is 1. The van der Waals surface area contributed by atoms with Gasteiger partial charge in [0.25, 0.3) is 0 Å². The topological polar surface area (TPSA) is 66.6 Å². The van der Waals surface area contributed by atoms with Crippen molar-refractivity contribution in [2.75, 3.05) is 13.1 Å². The number of aromatic carboxylic acids is 1. The van der Waals surface area contributed by atoms with Crippen molar-refractivity contribution >= 4 is 5.97 Å². The second-order valence-electron chi connectivity index (χ2n) is 4.11. The number of hydrogen-bond acceptors (Lipinski definition) is 4. The van der Waals surface area contributed by atoms with E-state index in [9.17, 15) is 4.79 Å². The van der Waals surface area contributed by atoms with Gasteiger partial charge in [-0.25, -0.2) is 4.79 Å². The molecular formula is C10H14N2O3. The summed E-state index contributed by atoms with van der Waals surface area (Å²) in [5.74, 6) is 0.299. The minimum atomic E-state index is -1.04. The van der Waals surface area contributed by atoms with Crippen molar-refractivity contribution in [1.82, 2.24) is 10.1 Å². The Labute approximate surface area is 87.7 Å². The SMILES string of the molecule is CC1CCN(Cc2cc(C(=O)O)no2)C1. The van der Waals surface area contributed by atoms with Crippen LogP contribution in [0.1, 0.15) is 29.6 Å². The Kier molecular flexibility index (Phi) is 2.73. The van der Waals surface area contributed by atoms with E-state index in [0.29, 0.717) is 18.2 Å². The van der Waals surface area contributed by atoms with E-state index in [2.05, 4.69) is 17.0 Å². The predicted molar refractivity (Wildman–Crippen MR) is 52.5 cm³/mol. The summed E-state index contributed by atoms with van der Waals surface area (Å²) < 4.78 is 4.95. The molecule has 1 aromatic rings. The Morgan fingerprint density at radius 3 is 3.13 bits per heavy atom. The Morgan fingerprint density at radius 1 is 1.80 bits per heavy atom. The number of carboxylic acids is 1. The van der Waals surface area contributed by atoms with Crippen LogP contribution in [-0.2, 0) is 6.54 Å². The van der Waals surface area contributed by atoms with Crippen LogP contribution in [0.25, 0.3) is 0 Å². The molecule has 1 unspecified atom stereocenters. The quantitative estimate of drug-likeness (QED) is 0.812. The van der Waals surface area contributed by atoms with Gasteiger partial charge in [-0.3, -0.25) is 4.90 Å². The van der Waals surface area contributed by atoms with Gasteiger partial charge in [0.15, 0.2) is 11.5 Å². The predicted octanol–water partition coefficient (Wildman–Crippen LogP) is 1.21. The molecule has 0 spiro atoms. The summed E-state index contributed by atoms with van der Waals surface area (Å²) in [6.07, 6.45) is 1.19. The summed E-state index contributed by atoms with van der Waals surface area (Å²) in [5.41, 5.74) is -0.0164.